The van der Waals surface area contributed by atoms with Gasteiger partial charge < -0.3 is 5.11 Å². The largest absolute Gasteiger partial charge is 0.480 e. The molecule has 1 atom stereocenters. The molecule has 0 radical (unpaired) electrons. The molecule has 1 saturated carbocycles. The molecule has 1 aromatic carbocycles. The zero-order chi connectivity index (χ0) is 13.2. The van der Waals surface area contributed by atoms with Crippen LogP contribution in [0.1, 0.15) is 36.8 Å². The van der Waals surface area contributed by atoms with Crippen molar-refractivity contribution in [3.8, 4) is 0 Å². The number of aryl methyl sites for hydroxylation is 1. The summed E-state index contributed by atoms with van der Waals surface area (Å²) in [6, 6.07) is 7.75. The van der Waals surface area contributed by atoms with E-state index in [9.17, 15) is 14.7 Å². The number of hydrogen-bond donors (Lipinski definition) is 1. The fourth-order valence-electron chi connectivity index (χ4n) is 2.75. The van der Waals surface area contributed by atoms with Crippen LogP contribution in [-0.2, 0) is 16.0 Å². The topological polar surface area (TPSA) is 54.4 Å². The highest BCUT2D eigenvalue weighted by Gasteiger charge is 2.46. The fourth-order valence-corrected chi connectivity index (χ4v) is 2.75. The number of carboxylic acid groups (broad SMARTS) is 1. The van der Waals surface area contributed by atoms with Gasteiger partial charge in [0.15, 0.2) is 5.78 Å². The molecule has 0 heterocycles. The number of benzene rings is 1. The van der Waals surface area contributed by atoms with Crippen LogP contribution in [-0.4, -0.2) is 16.9 Å². The molecule has 1 aromatic rings. The lowest BCUT2D eigenvalue weighted by molar-refractivity contribution is -0.157. The number of carboxylic acids is 1. The zero-order valence-corrected chi connectivity index (χ0v) is 10.6. The number of rotatable bonds is 3. The highest BCUT2D eigenvalue weighted by molar-refractivity contribution is 6.03. The van der Waals surface area contributed by atoms with Gasteiger partial charge in [0, 0.05) is 6.42 Å². The normalized spacial score (nSPS) is 23.9. The van der Waals surface area contributed by atoms with Crippen molar-refractivity contribution in [1.29, 1.82) is 0 Å². The maximum absolute atomic E-state index is 12.1. The molecular formula is C15H18O3. The van der Waals surface area contributed by atoms with Crippen LogP contribution in [0.25, 0.3) is 0 Å². The summed E-state index contributed by atoms with van der Waals surface area (Å²) in [5, 5.41) is 9.47. The van der Waals surface area contributed by atoms with Gasteiger partial charge in [-0.1, -0.05) is 36.2 Å². The van der Waals surface area contributed by atoms with Crippen molar-refractivity contribution < 1.29 is 14.7 Å². The minimum atomic E-state index is -1.19. The second-order valence-electron chi connectivity index (χ2n) is 5.18. The first-order chi connectivity index (χ1) is 8.54. The van der Waals surface area contributed by atoms with Crippen molar-refractivity contribution in [1.82, 2.24) is 0 Å². The molecule has 1 N–H and O–H groups in total. The molecule has 1 unspecified atom stereocenters. The van der Waals surface area contributed by atoms with Crippen LogP contribution < -0.4 is 0 Å². The molecule has 1 aliphatic rings. The number of Topliss-reactive ketones (excluding diaryl/α,β-unsaturated/α-hetero) is 1. The first kappa shape index (κ1) is 12.8. The standard InChI is InChI=1S/C15H18O3/c1-11-5-4-6-12(9-11)10-15(14(17)18)8-3-2-7-13(15)16/h4-6,9H,2-3,7-8,10H2,1H3,(H,17,18). The Morgan fingerprint density at radius 3 is 2.78 bits per heavy atom. The quantitative estimate of drug-likeness (QED) is 0.834. The van der Waals surface area contributed by atoms with Gasteiger partial charge in [0.1, 0.15) is 5.41 Å². The summed E-state index contributed by atoms with van der Waals surface area (Å²) in [6.07, 6.45) is 2.83. The molecule has 0 aliphatic heterocycles. The Morgan fingerprint density at radius 2 is 2.17 bits per heavy atom. The van der Waals surface area contributed by atoms with Gasteiger partial charge in [-0.05, 0) is 31.7 Å². The maximum atomic E-state index is 12.1. The Morgan fingerprint density at radius 1 is 1.39 bits per heavy atom. The molecule has 2 rings (SSSR count). The van der Waals surface area contributed by atoms with Crippen LogP contribution in [0.15, 0.2) is 24.3 Å². The molecule has 3 heteroatoms. The molecule has 0 aromatic heterocycles. The minimum Gasteiger partial charge on any atom is -0.480 e. The Balaban J connectivity index is 2.31. The van der Waals surface area contributed by atoms with Crippen molar-refractivity contribution in [2.75, 3.05) is 0 Å². The highest BCUT2D eigenvalue weighted by atomic mass is 16.4. The SMILES string of the molecule is Cc1cccc(CC2(C(=O)O)CCCCC2=O)c1. The van der Waals surface area contributed by atoms with Gasteiger partial charge in [-0.25, -0.2) is 0 Å². The number of carbonyl (C=O) groups is 2. The van der Waals surface area contributed by atoms with E-state index in [0.717, 1.165) is 24.0 Å². The van der Waals surface area contributed by atoms with E-state index >= 15 is 0 Å². The highest BCUT2D eigenvalue weighted by Crippen LogP contribution is 2.37. The molecule has 96 valence electrons. The average Bonchev–Trinajstić information content (AvgIpc) is 2.32. The number of ketones is 1. The second-order valence-corrected chi connectivity index (χ2v) is 5.18. The van der Waals surface area contributed by atoms with Gasteiger partial charge >= 0.3 is 5.97 Å². The lowest BCUT2D eigenvalue weighted by Crippen LogP contribution is -2.43. The van der Waals surface area contributed by atoms with E-state index in [-0.39, 0.29) is 5.78 Å². The maximum Gasteiger partial charge on any atom is 0.317 e. The Kier molecular flexibility index (Phi) is 3.50. The predicted molar refractivity (Wildman–Crippen MR) is 68.4 cm³/mol. The number of aliphatic carboxylic acids is 1. The summed E-state index contributed by atoms with van der Waals surface area (Å²) < 4.78 is 0. The first-order valence-electron chi connectivity index (χ1n) is 6.37. The van der Waals surface area contributed by atoms with Gasteiger partial charge in [0.05, 0.1) is 0 Å². The van der Waals surface area contributed by atoms with Gasteiger partial charge in [-0.3, -0.25) is 9.59 Å². The molecule has 0 saturated heterocycles. The predicted octanol–water partition coefficient (Wildman–Crippen LogP) is 2.75. The van der Waals surface area contributed by atoms with Crippen LogP contribution in [0.3, 0.4) is 0 Å². The molecule has 18 heavy (non-hydrogen) atoms. The van der Waals surface area contributed by atoms with Crippen LogP contribution in [0.4, 0.5) is 0 Å². The van der Waals surface area contributed by atoms with Crippen molar-refractivity contribution in [2.45, 2.75) is 39.0 Å². The van der Waals surface area contributed by atoms with Crippen molar-refractivity contribution in [3.63, 3.8) is 0 Å². The van der Waals surface area contributed by atoms with E-state index in [4.69, 9.17) is 0 Å². The lowest BCUT2D eigenvalue weighted by atomic mass is 9.69. The molecule has 0 bridgehead atoms. The van der Waals surface area contributed by atoms with E-state index in [2.05, 4.69) is 0 Å². The smallest absolute Gasteiger partial charge is 0.317 e. The van der Waals surface area contributed by atoms with Gasteiger partial charge in [-0.2, -0.15) is 0 Å². The minimum absolute atomic E-state index is 0.109. The summed E-state index contributed by atoms with van der Waals surface area (Å²) in [5.41, 5.74) is 0.843. The van der Waals surface area contributed by atoms with E-state index in [1.165, 1.54) is 0 Å². The van der Waals surface area contributed by atoms with Gasteiger partial charge in [-0.15, -0.1) is 0 Å². The molecule has 3 nitrogen and oxygen atoms in total. The Labute approximate surface area is 107 Å². The third-order valence-corrected chi connectivity index (χ3v) is 3.79. The van der Waals surface area contributed by atoms with Crippen LogP contribution in [0.2, 0.25) is 0 Å². The Bertz CT molecular complexity index is 478. The molecule has 0 amide bonds. The van der Waals surface area contributed by atoms with E-state index in [1.54, 1.807) is 0 Å². The van der Waals surface area contributed by atoms with Crippen LogP contribution in [0, 0.1) is 12.3 Å². The summed E-state index contributed by atoms with van der Waals surface area (Å²) >= 11 is 0. The summed E-state index contributed by atoms with van der Waals surface area (Å²) in [5.74, 6) is -1.07. The third-order valence-electron chi connectivity index (χ3n) is 3.79. The summed E-state index contributed by atoms with van der Waals surface area (Å²) in [4.78, 5) is 23.6. The lowest BCUT2D eigenvalue weighted by Gasteiger charge is -2.31. The number of hydrogen-bond acceptors (Lipinski definition) is 2. The monoisotopic (exact) mass is 246 g/mol. The van der Waals surface area contributed by atoms with Crippen molar-refractivity contribution >= 4 is 11.8 Å². The number of carbonyl (C=O) groups excluding carboxylic acids is 1. The van der Waals surface area contributed by atoms with Gasteiger partial charge in [0.25, 0.3) is 0 Å². The zero-order valence-electron chi connectivity index (χ0n) is 10.6. The molecule has 1 aliphatic carbocycles. The van der Waals surface area contributed by atoms with E-state index < -0.39 is 11.4 Å². The van der Waals surface area contributed by atoms with Crippen molar-refractivity contribution in [2.24, 2.45) is 5.41 Å². The molecule has 0 spiro atoms. The third kappa shape index (κ3) is 2.30. The fraction of sp³-hybridized carbons (Fsp3) is 0.467. The van der Waals surface area contributed by atoms with Crippen LogP contribution in [0.5, 0.6) is 0 Å². The van der Waals surface area contributed by atoms with Crippen LogP contribution >= 0.6 is 0 Å². The van der Waals surface area contributed by atoms with Crippen molar-refractivity contribution in [3.05, 3.63) is 35.4 Å². The first-order valence-corrected chi connectivity index (χ1v) is 6.37. The summed E-state index contributed by atoms with van der Waals surface area (Å²) in [6.45, 7) is 1.97. The van der Waals surface area contributed by atoms with E-state index in [0.29, 0.717) is 19.3 Å². The summed E-state index contributed by atoms with van der Waals surface area (Å²) in [7, 11) is 0. The molecular weight excluding hydrogens is 228 g/mol. The second kappa shape index (κ2) is 4.92. The Hall–Kier alpha value is -1.64. The molecule has 1 fully saturated rings. The van der Waals surface area contributed by atoms with E-state index in [1.807, 2.05) is 31.2 Å². The van der Waals surface area contributed by atoms with Gasteiger partial charge in [0.2, 0.25) is 0 Å². The average molecular weight is 246 g/mol.